The molecule has 2 nitrogen and oxygen atoms in total. The highest BCUT2D eigenvalue weighted by molar-refractivity contribution is 4.99. The molecular weight excluding hydrogens is 124 g/mol. The summed E-state index contributed by atoms with van der Waals surface area (Å²) in [5.74, 6) is 0.900. The SMILES string of the molecule is NC[C@]12CCC[C@H]1CNC2. The van der Waals surface area contributed by atoms with Crippen molar-refractivity contribution < 1.29 is 0 Å². The molecule has 2 fully saturated rings. The fourth-order valence-corrected chi connectivity index (χ4v) is 2.60. The molecule has 1 aliphatic carbocycles. The molecule has 3 N–H and O–H groups in total. The van der Waals surface area contributed by atoms with Crippen LogP contribution in [0.15, 0.2) is 0 Å². The minimum atomic E-state index is 0.514. The molecule has 0 aromatic carbocycles. The van der Waals surface area contributed by atoms with E-state index in [9.17, 15) is 0 Å². The van der Waals surface area contributed by atoms with Crippen LogP contribution in [-0.2, 0) is 0 Å². The lowest BCUT2D eigenvalue weighted by Crippen LogP contribution is -2.34. The van der Waals surface area contributed by atoms with E-state index in [-0.39, 0.29) is 0 Å². The van der Waals surface area contributed by atoms with E-state index in [1.165, 1.54) is 32.4 Å². The van der Waals surface area contributed by atoms with Gasteiger partial charge < -0.3 is 11.1 Å². The van der Waals surface area contributed by atoms with Gasteiger partial charge >= 0.3 is 0 Å². The van der Waals surface area contributed by atoms with Gasteiger partial charge in [0.2, 0.25) is 0 Å². The monoisotopic (exact) mass is 140 g/mol. The topological polar surface area (TPSA) is 38.0 Å². The van der Waals surface area contributed by atoms with Crippen molar-refractivity contribution in [2.24, 2.45) is 17.1 Å². The molecule has 58 valence electrons. The molecule has 2 heteroatoms. The zero-order valence-corrected chi connectivity index (χ0v) is 6.40. The molecule has 1 heterocycles. The van der Waals surface area contributed by atoms with Gasteiger partial charge in [0.25, 0.3) is 0 Å². The van der Waals surface area contributed by atoms with Crippen molar-refractivity contribution in [3.05, 3.63) is 0 Å². The van der Waals surface area contributed by atoms with Crippen LogP contribution in [0.4, 0.5) is 0 Å². The van der Waals surface area contributed by atoms with E-state index in [1.54, 1.807) is 0 Å². The average molecular weight is 140 g/mol. The van der Waals surface area contributed by atoms with Crippen LogP contribution in [-0.4, -0.2) is 19.6 Å². The molecule has 2 rings (SSSR count). The molecule has 0 aromatic heterocycles. The quantitative estimate of drug-likeness (QED) is 0.551. The summed E-state index contributed by atoms with van der Waals surface area (Å²) in [5, 5.41) is 3.44. The Morgan fingerprint density at radius 3 is 3.20 bits per heavy atom. The van der Waals surface area contributed by atoms with Crippen molar-refractivity contribution >= 4 is 0 Å². The number of rotatable bonds is 1. The van der Waals surface area contributed by atoms with Crippen molar-refractivity contribution in [1.82, 2.24) is 5.32 Å². The minimum Gasteiger partial charge on any atom is -0.330 e. The van der Waals surface area contributed by atoms with Gasteiger partial charge in [-0.2, -0.15) is 0 Å². The van der Waals surface area contributed by atoms with Crippen LogP contribution in [0.3, 0.4) is 0 Å². The summed E-state index contributed by atoms with van der Waals surface area (Å²) in [6.07, 6.45) is 4.18. The maximum absolute atomic E-state index is 5.77. The van der Waals surface area contributed by atoms with E-state index in [4.69, 9.17) is 5.73 Å². The minimum absolute atomic E-state index is 0.514. The molecule has 1 saturated carbocycles. The van der Waals surface area contributed by atoms with Crippen LogP contribution in [0.2, 0.25) is 0 Å². The Balaban J connectivity index is 2.15. The fourth-order valence-electron chi connectivity index (χ4n) is 2.60. The van der Waals surface area contributed by atoms with E-state index in [2.05, 4.69) is 5.32 Å². The molecule has 0 aromatic rings. The predicted octanol–water partition coefficient (Wildman–Crippen LogP) is 0.335. The van der Waals surface area contributed by atoms with Crippen molar-refractivity contribution in [2.45, 2.75) is 19.3 Å². The van der Waals surface area contributed by atoms with Gasteiger partial charge in [0, 0.05) is 6.54 Å². The zero-order valence-electron chi connectivity index (χ0n) is 6.40. The van der Waals surface area contributed by atoms with Crippen molar-refractivity contribution in [2.75, 3.05) is 19.6 Å². The first-order chi connectivity index (χ1) is 4.87. The highest BCUT2D eigenvalue weighted by Crippen LogP contribution is 2.44. The first-order valence-corrected chi connectivity index (χ1v) is 4.28. The predicted molar refractivity (Wildman–Crippen MR) is 41.7 cm³/mol. The first-order valence-electron chi connectivity index (χ1n) is 4.28. The van der Waals surface area contributed by atoms with Gasteiger partial charge in [0.05, 0.1) is 0 Å². The number of hydrogen-bond acceptors (Lipinski definition) is 2. The number of nitrogens with two attached hydrogens (primary N) is 1. The maximum Gasteiger partial charge on any atom is 0.00232 e. The largest absolute Gasteiger partial charge is 0.330 e. The van der Waals surface area contributed by atoms with Crippen LogP contribution in [0, 0.1) is 11.3 Å². The van der Waals surface area contributed by atoms with Crippen molar-refractivity contribution in [1.29, 1.82) is 0 Å². The molecule has 0 radical (unpaired) electrons. The molecule has 1 saturated heterocycles. The van der Waals surface area contributed by atoms with Gasteiger partial charge in [-0.05, 0) is 37.3 Å². The molecule has 0 bridgehead atoms. The van der Waals surface area contributed by atoms with E-state index >= 15 is 0 Å². The lowest BCUT2D eigenvalue weighted by Gasteiger charge is -2.25. The fraction of sp³-hybridized carbons (Fsp3) is 1.00. The highest BCUT2D eigenvalue weighted by Gasteiger charge is 2.44. The third-order valence-electron chi connectivity index (χ3n) is 3.37. The molecule has 10 heavy (non-hydrogen) atoms. The average Bonchev–Trinajstić information content (AvgIpc) is 2.42. The standard InChI is InChI=1S/C8H16N2/c9-5-8-3-1-2-7(8)4-10-6-8/h7,10H,1-6,9H2/t7-,8-/m0/s1. The Morgan fingerprint density at radius 2 is 2.50 bits per heavy atom. The van der Waals surface area contributed by atoms with E-state index in [0.717, 1.165) is 12.5 Å². The molecule has 0 spiro atoms. The van der Waals surface area contributed by atoms with Gasteiger partial charge in [-0.1, -0.05) is 6.42 Å². The van der Waals surface area contributed by atoms with E-state index in [0.29, 0.717) is 5.41 Å². The zero-order chi connectivity index (χ0) is 7.03. The summed E-state index contributed by atoms with van der Waals surface area (Å²) in [6, 6.07) is 0. The Morgan fingerprint density at radius 1 is 1.60 bits per heavy atom. The summed E-state index contributed by atoms with van der Waals surface area (Å²) in [7, 11) is 0. The summed E-state index contributed by atoms with van der Waals surface area (Å²) in [5.41, 5.74) is 6.28. The summed E-state index contributed by atoms with van der Waals surface area (Å²) in [4.78, 5) is 0. The maximum atomic E-state index is 5.77. The third kappa shape index (κ3) is 0.722. The molecule has 0 unspecified atom stereocenters. The summed E-state index contributed by atoms with van der Waals surface area (Å²) >= 11 is 0. The Bertz CT molecular complexity index is 123. The lowest BCUT2D eigenvalue weighted by atomic mass is 9.81. The van der Waals surface area contributed by atoms with Crippen LogP contribution < -0.4 is 11.1 Å². The van der Waals surface area contributed by atoms with E-state index < -0.39 is 0 Å². The van der Waals surface area contributed by atoms with Gasteiger partial charge in [-0.3, -0.25) is 0 Å². The van der Waals surface area contributed by atoms with Crippen LogP contribution in [0.5, 0.6) is 0 Å². The number of fused-ring (bicyclic) bond motifs is 1. The summed E-state index contributed by atoms with van der Waals surface area (Å²) < 4.78 is 0. The van der Waals surface area contributed by atoms with Gasteiger partial charge in [0.15, 0.2) is 0 Å². The molecule has 0 amide bonds. The van der Waals surface area contributed by atoms with Gasteiger partial charge in [-0.15, -0.1) is 0 Å². The second-order valence-corrected chi connectivity index (χ2v) is 3.79. The molecule has 2 atom stereocenters. The second-order valence-electron chi connectivity index (χ2n) is 3.79. The Hall–Kier alpha value is -0.0800. The number of nitrogens with one attached hydrogen (secondary N) is 1. The molecule has 2 aliphatic rings. The Kier molecular flexibility index (Phi) is 1.46. The summed E-state index contributed by atoms with van der Waals surface area (Å²) in [6.45, 7) is 3.29. The van der Waals surface area contributed by atoms with Crippen LogP contribution >= 0.6 is 0 Å². The molecule has 1 aliphatic heterocycles. The normalized spacial score (nSPS) is 45.9. The van der Waals surface area contributed by atoms with Crippen molar-refractivity contribution in [3.8, 4) is 0 Å². The smallest absolute Gasteiger partial charge is 0.00232 e. The Labute approximate surface area is 62.2 Å². The van der Waals surface area contributed by atoms with Gasteiger partial charge in [0.1, 0.15) is 0 Å². The van der Waals surface area contributed by atoms with E-state index in [1.807, 2.05) is 0 Å². The van der Waals surface area contributed by atoms with Crippen LogP contribution in [0.25, 0.3) is 0 Å². The third-order valence-corrected chi connectivity index (χ3v) is 3.37. The highest BCUT2D eigenvalue weighted by atomic mass is 15.0. The molecular formula is C8H16N2. The first kappa shape index (κ1) is 6.62. The lowest BCUT2D eigenvalue weighted by molar-refractivity contribution is 0.281. The number of hydrogen-bond donors (Lipinski definition) is 2. The van der Waals surface area contributed by atoms with Crippen LogP contribution in [0.1, 0.15) is 19.3 Å². The second kappa shape index (κ2) is 2.21. The van der Waals surface area contributed by atoms with Crippen molar-refractivity contribution in [3.63, 3.8) is 0 Å². The van der Waals surface area contributed by atoms with Gasteiger partial charge in [-0.25, -0.2) is 0 Å².